The van der Waals surface area contributed by atoms with Crippen LogP contribution in [0.5, 0.6) is 0 Å². The smallest absolute Gasteiger partial charge is 0.243 e. The molecule has 4 aromatic heterocycles. The van der Waals surface area contributed by atoms with Gasteiger partial charge in [-0.1, -0.05) is 19.9 Å². The van der Waals surface area contributed by atoms with E-state index >= 15 is 0 Å². The average molecular weight is 571 g/mol. The van der Waals surface area contributed by atoms with Crippen molar-refractivity contribution in [2.24, 2.45) is 0 Å². The van der Waals surface area contributed by atoms with E-state index in [0.717, 1.165) is 30.1 Å². The molecule has 1 N–H and O–H groups in total. The molecule has 0 aliphatic carbocycles. The van der Waals surface area contributed by atoms with E-state index in [2.05, 4.69) is 36.1 Å². The third kappa shape index (κ3) is 5.99. The fourth-order valence-electron chi connectivity index (χ4n) is 5.27. The van der Waals surface area contributed by atoms with Gasteiger partial charge in [0.25, 0.3) is 0 Å². The lowest BCUT2D eigenvalue weighted by atomic mass is 9.99. The molecule has 1 amide bonds. The summed E-state index contributed by atoms with van der Waals surface area (Å²) in [6.45, 7) is 8.88. The topological polar surface area (TPSA) is 120 Å². The normalized spacial score (nSPS) is 15.5. The molecular formula is C30H34N8O2S. The number of pyridine rings is 1. The molecule has 10 nitrogen and oxygen atoms in total. The number of hydrogen-bond acceptors (Lipinski definition) is 9. The number of carbonyl (C=O) groups excluding carboxylic acids is 2. The Balaban J connectivity index is 1.51. The van der Waals surface area contributed by atoms with Gasteiger partial charge in [0.15, 0.2) is 11.4 Å². The first kappa shape index (κ1) is 28.4. The minimum atomic E-state index is -0.441. The minimum absolute atomic E-state index is 0.0311. The lowest BCUT2D eigenvalue weighted by Crippen LogP contribution is -2.56. The number of nitriles is 1. The Morgan fingerprint density at radius 3 is 2.73 bits per heavy atom. The number of anilines is 1. The third-order valence-electron chi connectivity index (χ3n) is 7.74. The van der Waals surface area contributed by atoms with Crippen LogP contribution in [0.1, 0.15) is 50.4 Å². The molecule has 1 saturated heterocycles. The number of thiophene rings is 1. The number of nitrogens with one attached hydrogen (secondary N) is 1. The first-order chi connectivity index (χ1) is 19.9. The van der Waals surface area contributed by atoms with Crippen LogP contribution in [0.3, 0.4) is 0 Å². The van der Waals surface area contributed by atoms with Crippen LogP contribution in [0.2, 0.25) is 0 Å². The van der Waals surface area contributed by atoms with Crippen LogP contribution < -0.4 is 10.2 Å². The Morgan fingerprint density at radius 1 is 1.22 bits per heavy atom. The fourth-order valence-corrected chi connectivity index (χ4v) is 5.96. The molecule has 0 spiro atoms. The molecule has 0 unspecified atom stereocenters. The summed E-state index contributed by atoms with van der Waals surface area (Å²) in [4.78, 5) is 41.3. The summed E-state index contributed by atoms with van der Waals surface area (Å²) >= 11 is 1.61. The van der Waals surface area contributed by atoms with E-state index in [9.17, 15) is 9.59 Å². The maximum Gasteiger partial charge on any atom is 0.243 e. The van der Waals surface area contributed by atoms with Gasteiger partial charge in [-0.05, 0) is 62.5 Å². The van der Waals surface area contributed by atoms with Gasteiger partial charge in [-0.15, -0.1) is 11.3 Å². The molecule has 1 aliphatic rings. The number of rotatable bonds is 12. The molecule has 0 radical (unpaired) electrons. The van der Waals surface area contributed by atoms with E-state index in [1.54, 1.807) is 28.1 Å². The summed E-state index contributed by atoms with van der Waals surface area (Å²) in [5.74, 6) is 0.368. The van der Waals surface area contributed by atoms with Crippen LogP contribution in [-0.4, -0.2) is 74.4 Å². The summed E-state index contributed by atoms with van der Waals surface area (Å²) < 4.78 is 1.70. The molecular weight excluding hydrogens is 536 g/mol. The Labute approximate surface area is 243 Å². The van der Waals surface area contributed by atoms with E-state index in [0.29, 0.717) is 47.7 Å². The Hall–Kier alpha value is -4.14. The van der Waals surface area contributed by atoms with Crippen molar-refractivity contribution in [3.05, 3.63) is 53.7 Å². The second kappa shape index (κ2) is 12.6. The molecule has 212 valence electrons. The van der Waals surface area contributed by atoms with Crippen LogP contribution in [0.15, 0.2) is 48.1 Å². The number of aromatic nitrogens is 4. The first-order valence-electron chi connectivity index (χ1n) is 14.0. The van der Waals surface area contributed by atoms with Gasteiger partial charge in [0, 0.05) is 30.8 Å². The Bertz CT molecular complexity index is 1570. The van der Waals surface area contributed by atoms with Crippen molar-refractivity contribution in [1.82, 2.24) is 29.8 Å². The molecule has 1 fully saturated rings. The van der Waals surface area contributed by atoms with Crippen molar-refractivity contribution >= 4 is 34.5 Å². The van der Waals surface area contributed by atoms with Crippen LogP contribution in [0, 0.1) is 11.3 Å². The molecule has 1 aliphatic heterocycles. The van der Waals surface area contributed by atoms with Crippen molar-refractivity contribution in [2.45, 2.75) is 52.1 Å². The highest BCUT2D eigenvalue weighted by Gasteiger charge is 2.35. The predicted molar refractivity (Wildman–Crippen MR) is 160 cm³/mol. The average Bonchev–Trinajstić information content (AvgIpc) is 3.65. The second-order valence-corrected chi connectivity index (χ2v) is 11.1. The Morgan fingerprint density at radius 2 is 2.05 bits per heavy atom. The van der Waals surface area contributed by atoms with Gasteiger partial charge >= 0.3 is 0 Å². The van der Waals surface area contributed by atoms with Gasteiger partial charge in [0.2, 0.25) is 5.91 Å². The van der Waals surface area contributed by atoms with Gasteiger partial charge in [0.05, 0.1) is 34.1 Å². The van der Waals surface area contributed by atoms with E-state index in [4.69, 9.17) is 15.2 Å². The SMILES string of the molecule is CCN(CC)[C@@H](C)CCC(=O)c1cc(-c2cnn3ccc(-c4cccs4)nc23)nc(N2CC[C@H]2C(=O)NCC#N)c1. The van der Waals surface area contributed by atoms with Crippen molar-refractivity contribution in [1.29, 1.82) is 5.26 Å². The number of nitrogens with zero attached hydrogens (tertiary/aromatic N) is 7. The molecule has 5 rings (SSSR count). The zero-order chi connectivity index (χ0) is 28.9. The number of amides is 1. The van der Waals surface area contributed by atoms with E-state index in [1.807, 2.05) is 46.8 Å². The van der Waals surface area contributed by atoms with Gasteiger partial charge < -0.3 is 15.1 Å². The van der Waals surface area contributed by atoms with Gasteiger partial charge in [-0.2, -0.15) is 10.4 Å². The number of hydrogen-bond donors (Lipinski definition) is 1. The summed E-state index contributed by atoms with van der Waals surface area (Å²) in [7, 11) is 0. The Kier molecular flexibility index (Phi) is 8.71. The summed E-state index contributed by atoms with van der Waals surface area (Å²) in [6.07, 6.45) is 5.39. The van der Waals surface area contributed by atoms with Crippen LogP contribution in [0.4, 0.5) is 5.82 Å². The lowest BCUT2D eigenvalue weighted by Gasteiger charge is -2.40. The molecule has 4 aromatic rings. The predicted octanol–water partition coefficient (Wildman–Crippen LogP) is 4.43. The van der Waals surface area contributed by atoms with E-state index in [-0.39, 0.29) is 24.3 Å². The van der Waals surface area contributed by atoms with Crippen LogP contribution >= 0.6 is 11.3 Å². The first-order valence-corrected chi connectivity index (χ1v) is 14.9. The van der Waals surface area contributed by atoms with Crippen molar-refractivity contribution in [2.75, 3.05) is 31.1 Å². The largest absolute Gasteiger partial charge is 0.344 e. The fraction of sp³-hybridized carbons (Fsp3) is 0.400. The summed E-state index contributed by atoms with van der Waals surface area (Å²) in [5.41, 5.74) is 3.32. The van der Waals surface area contributed by atoms with E-state index in [1.165, 1.54) is 0 Å². The number of ketones is 1. The number of fused-ring (bicyclic) bond motifs is 1. The highest BCUT2D eigenvalue weighted by Crippen LogP contribution is 2.32. The monoisotopic (exact) mass is 570 g/mol. The molecule has 0 bridgehead atoms. The number of carbonyl (C=O) groups is 2. The van der Waals surface area contributed by atoms with Crippen molar-refractivity contribution < 1.29 is 9.59 Å². The van der Waals surface area contributed by atoms with Crippen molar-refractivity contribution in [3.63, 3.8) is 0 Å². The quantitative estimate of drug-likeness (QED) is 0.196. The maximum absolute atomic E-state index is 13.6. The number of Topliss-reactive ketones (excluding diaryl/α,β-unsaturated/α-hetero) is 1. The summed E-state index contributed by atoms with van der Waals surface area (Å²) in [6, 6.07) is 11.3. The van der Waals surface area contributed by atoms with Crippen LogP contribution in [-0.2, 0) is 4.79 Å². The maximum atomic E-state index is 13.6. The molecule has 0 aromatic carbocycles. The molecule has 11 heteroatoms. The van der Waals surface area contributed by atoms with Gasteiger partial charge in [0.1, 0.15) is 18.4 Å². The van der Waals surface area contributed by atoms with Gasteiger partial charge in [-0.25, -0.2) is 14.5 Å². The zero-order valence-electron chi connectivity index (χ0n) is 23.6. The zero-order valence-corrected chi connectivity index (χ0v) is 24.4. The highest BCUT2D eigenvalue weighted by atomic mass is 32.1. The molecule has 5 heterocycles. The third-order valence-corrected chi connectivity index (χ3v) is 8.63. The lowest BCUT2D eigenvalue weighted by molar-refractivity contribution is -0.123. The standard InChI is InChI=1S/C30H34N8O2S/c1-4-36(5-2)20(3)8-9-26(39)21-17-24(34-28(18-21)37-14-11-25(37)30(40)32-13-12-31)22-19-33-38-15-10-23(35-29(22)38)27-7-6-16-41-27/h6-7,10,15-20,25H,4-5,8-9,11,13-14H2,1-3H3,(H,32,40)/t20-,25-/m0/s1. The molecule has 0 saturated carbocycles. The molecule has 2 atom stereocenters. The minimum Gasteiger partial charge on any atom is -0.344 e. The van der Waals surface area contributed by atoms with Gasteiger partial charge in [-0.3, -0.25) is 9.59 Å². The van der Waals surface area contributed by atoms with Crippen molar-refractivity contribution in [3.8, 4) is 27.9 Å². The van der Waals surface area contributed by atoms with E-state index < -0.39 is 6.04 Å². The highest BCUT2D eigenvalue weighted by molar-refractivity contribution is 7.13. The van der Waals surface area contributed by atoms with Crippen LogP contribution in [0.25, 0.3) is 27.5 Å². The summed E-state index contributed by atoms with van der Waals surface area (Å²) in [5, 5.41) is 18.0. The second-order valence-electron chi connectivity index (χ2n) is 10.1. The molecule has 41 heavy (non-hydrogen) atoms.